The van der Waals surface area contributed by atoms with Gasteiger partial charge in [-0.1, -0.05) is 18.5 Å². The molecule has 0 saturated carbocycles. The zero-order valence-electron chi connectivity index (χ0n) is 14.8. The predicted molar refractivity (Wildman–Crippen MR) is 105 cm³/mol. The first-order valence-electron chi connectivity index (χ1n) is 8.29. The van der Waals surface area contributed by atoms with Crippen LogP contribution in [0.1, 0.15) is 24.3 Å². The fraction of sp³-hybridized carbons (Fsp3) is 0.278. The van der Waals surface area contributed by atoms with E-state index >= 15 is 0 Å². The molecule has 3 N–H and O–H groups in total. The third kappa shape index (κ3) is 4.52. The fourth-order valence-electron chi connectivity index (χ4n) is 2.65. The van der Waals surface area contributed by atoms with Crippen LogP contribution in [0.3, 0.4) is 0 Å². The molecule has 27 heavy (non-hydrogen) atoms. The molecule has 0 saturated heterocycles. The van der Waals surface area contributed by atoms with Gasteiger partial charge in [-0.3, -0.25) is 4.79 Å². The maximum Gasteiger partial charge on any atom is 0.227 e. The first-order chi connectivity index (χ1) is 12.8. The first kappa shape index (κ1) is 19.5. The van der Waals surface area contributed by atoms with E-state index < -0.39 is 5.82 Å². The Balaban J connectivity index is 1.62. The molecular weight excluding hydrogens is 389 g/mol. The second-order valence-electron chi connectivity index (χ2n) is 6.36. The monoisotopic (exact) mass is 407 g/mol. The lowest BCUT2D eigenvalue weighted by atomic mass is 10.00. The highest BCUT2D eigenvalue weighted by Gasteiger charge is 2.20. The summed E-state index contributed by atoms with van der Waals surface area (Å²) in [6.45, 7) is 1.80. The number of hydrogen-bond donors (Lipinski definition) is 2. The zero-order chi connectivity index (χ0) is 19.6. The highest BCUT2D eigenvalue weighted by Crippen LogP contribution is 2.30. The van der Waals surface area contributed by atoms with E-state index in [0.717, 1.165) is 16.3 Å². The van der Waals surface area contributed by atoms with E-state index in [1.54, 1.807) is 13.3 Å². The van der Waals surface area contributed by atoms with E-state index in [0.29, 0.717) is 12.1 Å². The van der Waals surface area contributed by atoms with E-state index in [-0.39, 0.29) is 22.9 Å². The minimum absolute atomic E-state index is 0.0351. The van der Waals surface area contributed by atoms with Gasteiger partial charge in [-0.2, -0.15) is 0 Å². The van der Waals surface area contributed by atoms with Gasteiger partial charge in [-0.05, 0) is 30.7 Å². The quantitative estimate of drug-likeness (QED) is 0.646. The molecule has 0 spiro atoms. The summed E-state index contributed by atoms with van der Waals surface area (Å²) in [4.78, 5) is 13.4. The molecule has 0 aliphatic carbocycles. The molecule has 2 heterocycles. The summed E-state index contributed by atoms with van der Waals surface area (Å²) < 4.78 is 15.0. The van der Waals surface area contributed by atoms with Crippen LogP contribution in [0.5, 0.6) is 0 Å². The van der Waals surface area contributed by atoms with Crippen LogP contribution in [-0.4, -0.2) is 20.7 Å². The highest BCUT2D eigenvalue weighted by atomic mass is 35.5. The molecule has 3 rings (SSSR count). The Kier molecular flexibility index (Phi) is 5.88. The Bertz CT molecular complexity index is 957. The summed E-state index contributed by atoms with van der Waals surface area (Å²) in [6, 6.07) is 5.76. The van der Waals surface area contributed by atoms with Crippen LogP contribution in [-0.2, 0) is 11.8 Å². The number of amides is 1. The van der Waals surface area contributed by atoms with Crippen LogP contribution < -0.4 is 11.1 Å². The number of carbonyl (C=O) groups excluding carboxylic acids is 1. The van der Waals surface area contributed by atoms with E-state index in [2.05, 4.69) is 15.5 Å². The van der Waals surface area contributed by atoms with E-state index in [1.165, 1.54) is 29.5 Å². The van der Waals surface area contributed by atoms with Gasteiger partial charge >= 0.3 is 0 Å². The zero-order valence-corrected chi connectivity index (χ0v) is 16.4. The topological polar surface area (TPSA) is 85.8 Å². The number of rotatable bonds is 6. The molecule has 142 valence electrons. The van der Waals surface area contributed by atoms with E-state index in [1.807, 2.05) is 23.1 Å². The number of nitrogens with two attached hydrogens (primary N) is 1. The van der Waals surface area contributed by atoms with Crippen molar-refractivity contribution in [3.05, 3.63) is 51.7 Å². The standard InChI is InChI=1S/C18H19ClFN5OS/c1-10(18(26)23-12-3-4-14(20)13(19)7-12)5-15(21)16-6-11(8-27-16)17-24-22-9-25(17)2/h3-4,6-10,15H,5,21H2,1-2H3,(H,23,26)/t10-,15+/m0/s1. The normalized spacial score (nSPS) is 13.4. The van der Waals surface area contributed by atoms with Crippen LogP contribution >= 0.6 is 22.9 Å². The van der Waals surface area contributed by atoms with Crippen molar-refractivity contribution in [2.24, 2.45) is 18.7 Å². The van der Waals surface area contributed by atoms with Crippen molar-refractivity contribution in [1.29, 1.82) is 0 Å². The lowest BCUT2D eigenvalue weighted by Crippen LogP contribution is -2.24. The van der Waals surface area contributed by atoms with Crippen molar-refractivity contribution in [3.63, 3.8) is 0 Å². The number of thiophene rings is 1. The predicted octanol–water partition coefficient (Wildman–Crippen LogP) is 4.00. The maximum atomic E-state index is 13.2. The Morgan fingerprint density at radius 3 is 2.89 bits per heavy atom. The lowest BCUT2D eigenvalue weighted by Gasteiger charge is -2.16. The summed E-state index contributed by atoms with van der Waals surface area (Å²) in [7, 11) is 1.88. The molecule has 0 aliphatic rings. The Morgan fingerprint density at radius 2 is 2.22 bits per heavy atom. The first-order valence-corrected chi connectivity index (χ1v) is 9.55. The number of nitrogens with one attached hydrogen (secondary N) is 1. The van der Waals surface area contributed by atoms with E-state index in [9.17, 15) is 9.18 Å². The average molecular weight is 408 g/mol. The molecule has 1 amide bonds. The van der Waals surface area contributed by atoms with Gasteiger partial charge < -0.3 is 15.6 Å². The second-order valence-corrected chi connectivity index (χ2v) is 7.71. The second kappa shape index (κ2) is 8.16. The summed E-state index contributed by atoms with van der Waals surface area (Å²) in [5.41, 5.74) is 7.69. The Morgan fingerprint density at radius 1 is 1.44 bits per heavy atom. The number of hydrogen-bond acceptors (Lipinski definition) is 5. The van der Waals surface area contributed by atoms with Crippen LogP contribution in [0.25, 0.3) is 11.4 Å². The van der Waals surface area contributed by atoms with Gasteiger partial charge in [0.2, 0.25) is 5.91 Å². The molecule has 0 radical (unpaired) electrons. The molecule has 2 atom stereocenters. The van der Waals surface area contributed by atoms with Crippen LogP contribution in [0.4, 0.5) is 10.1 Å². The number of nitrogens with zero attached hydrogens (tertiary/aromatic N) is 3. The Labute approximate surface area is 165 Å². The minimum atomic E-state index is -0.527. The number of anilines is 1. The number of benzene rings is 1. The molecule has 0 bridgehead atoms. The third-order valence-electron chi connectivity index (χ3n) is 4.20. The van der Waals surface area contributed by atoms with Crippen molar-refractivity contribution < 1.29 is 9.18 Å². The van der Waals surface area contributed by atoms with Gasteiger partial charge in [0.15, 0.2) is 5.82 Å². The number of aryl methyl sites for hydroxylation is 1. The fourth-order valence-corrected chi connectivity index (χ4v) is 3.74. The van der Waals surface area contributed by atoms with Gasteiger partial charge in [0.1, 0.15) is 12.1 Å². The number of aromatic nitrogens is 3. The summed E-state index contributed by atoms with van der Waals surface area (Å²) in [5, 5.41) is 12.6. The lowest BCUT2D eigenvalue weighted by molar-refractivity contribution is -0.119. The van der Waals surface area contributed by atoms with Crippen molar-refractivity contribution in [1.82, 2.24) is 14.8 Å². The molecular formula is C18H19ClFN5OS. The van der Waals surface area contributed by atoms with Gasteiger partial charge in [-0.25, -0.2) is 4.39 Å². The van der Waals surface area contributed by atoms with Crippen LogP contribution in [0.15, 0.2) is 36.0 Å². The molecule has 0 unspecified atom stereocenters. The summed E-state index contributed by atoms with van der Waals surface area (Å²) in [5.74, 6) is -0.285. The highest BCUT2D eigenvalue weighted by molar-refractivity contribution is 7.10. The van der Waals surface area contributed by atoms with Crippen molar-refractivity contribution >= 4 is 34.5 Å². The molecule has 0 aliphatic heterocycles. The van der Waals surface area contributed by atoms with Gasteiger partial charge in [0.25, 0.3) is 0 Å². The smallest absolute Gasteiger partial charge is 0.227 e. The van der Waals surface area contributed by atoms with Crippen LogP contribution in [0, 0.1) is 11.7 Å². The van der Waals surface area contributed by atoms with Crippen molar-refractivity contribution in [2.75, 3.05) is 5.32 Å². The molecule has 1 aromatic carbocycles. The largest absolute Gasteiger partial charge is 0.326 e. The molecule has 2 aromatic heterocycles. The van der Waals surface area contributed by atoms with Gasteiger partial charge in [-0.15, -0.1) is 21.5 Å². The number of carbonyl (C=O) groups is 1. The third-order valence-corrected chi connectivity index (χ3v) is 5.55. The van der Waals surface area contributed by atoms with E-state index in [4.69, 9.17) is 17.3 Å². The number of halogens is 2. The molecule has 0 fully saturated rings. The summed E-state index contributed by atoms with van der Waals surface area (Å²) >= 11 is 7.27. The van der Waals surface area contributed by atoms with Gasteiger partial charge in [0.05, 0.1) is 5.02 Å². The van der Waals surface area contributed by atoms with Crippen molar-refractivity contribution in [3.8, 4) is 11.4 Å². The van der Waals surface area contributed by atoms with Crippen molar-refractivity contribution in [2.45, 2.75) is 19.4 Å². The van der Waals surface area contributed by atoms with Crippen LogP contribution in [0.2, 0.25) is 5.02 Å². The Hall–Kier alpha value is -2.29. The molecule has 3 aromatic rings. The SMILES string of the molecule is C[C@@H](C[C@@H](N)c1cc(-c2nncn2C)cs1)C(=O)Nc1ccc(F)c(Cl)c1. The van der Waals surface area contributed by atoms with Gasteiger partial charge in [0, 0.05) is 40.5 Å². The maximum absolute atomic E-state index is 13.2. The molecule has 9 heteroatoms. The summed E-state index contributed by atoms with van der Waals surface area (Å²) in [6.07, 6.45) is 2.11. The average Bonchev–Trinajstić information content (AvgIpc) is 3.26. The minimum Gasteiger partial charge on any atom is -0.326 e. The molecule has 6 nitrogen and oxygen atoms in total.